The van der Waals surface area contributed by atoms with Crippen molar-refractivity contribution in [1.29, 1.82) is 0 Å². The average molecular weight is 268 g/mol. The van der Waals surface area contributed by atoms with Crippen LogP contribution < -0.4 is 0 Å². The maximum atomic E-state index is 11.9. The number of rotatable bonds is 2. The summed E-state index contributed by atoms with van der Waals surface area (Å²) >= 11 is 3.27. The van der Waals surface area contributed by atoms with Gasteiger partial charge in [-0.3, -0.25) is 14.6 Å². The van der Waals surface area contributed by atoms with Crippen LogP contribution >= 0.6 is 15.9 Å². The summed E-state index contributed by atoms with van der Waals surface area (Å²) in [5.74, 6) is 0.0968. The quantitative estimate of drug-likeness (QED) is 0.774. The number of carbonyl (C=O) groups is 2. The molecule has 1 aromatic rings. The van der Waals surface area contributed by atoms with E-state index in [1.54, 1.807) is 18.5 Å². The lowest BCUT2D eigenvalue weighted by atomic mass is 9.97. The standard InChI is InChI=1S/C11H10BrNO2/c12-9-3-8(5-13-6-9)11(15)7-1-2-10(14)4-7/h3,5-7H,1-2,4H2. The SMILES string of the molecule is O=C1CCC(C(=O)c2cncc(Br)c2)C1. The molecule has 1 fully saturated rings. The van der Waals surface area contributed by atoms with Crippen LogP contribution in [0.4, 0.5) is 0 Å². The molecule has 0 amide bonds. The van der Waals surface area contributed by atoms with Crippen LogP contribution in [-0.2, 0) is 4.79 Å². The number of aromatic nitrogens is 1. The van der Waals surface area contributed by atoms with E-state index in [2.05, 4.69) is 20.9 Å². The molecule has 1 aliphatic carbocycles. The molecule has 4 heteroatoms. The molecule has 0 saturated heterocycles. The molecule has 1 heterocycles. The molecule has 0 aromatic carbocycles. The highest BCUT2D eigenvalue weighted by Gasteiger charge is 2.28. The molecule has 78 valence electrons. The van der Waals surface area contributed by atoms with Crippen LogP contribution in [0.3, 0.4) is 0 Å². The van der Waals surface area contributed by atoms with Gasteiger partial charge >= 0.3 is 0 Å². The van der Waals surface area contributed by atoms with E-state index in [0.717, 1.165) is 4.47 Å². The number of carbonyl (C=O) groups excluding carboxylic acids is 2. The minimum absolute atomic E-state index is 0.0367. The van der Waals surface area contributed by atoms with Crippen molar-refractivity contribution in [3.8, 4) is 0 Å². The van der Waals surface area contributed by atoms with Crippen molar-refractivity contribution in [2.24, 2.45) is 5.92 Å². The smallest absolute Gasteiger partial charge is 0.167 e. The summed E-state index contributed by atoms with van der Waals surface area (Å²) in [5, 5.41) is 0. The fourth-order valence-electron chi connectivity index (χ4n) is 1.82. The summed E-state index contributed by atoms with van der Waals surface area (Å²) in [5.41, 5.74) is 0.587. The van der Waals surface area contributed by atoms with Gasteiger partial charge in [0.2, 0.25) is 0 Å². The van der Waals surface area contributed by atoms with Gasteiger partial charge in [-0.1, -0.05) is 0 Å². The number of ketones is 2. The van der Waals surface area contributed by atoms with E-state index < -0.39 is 0 Å². The molecule has 1 aliphatic rings. The first-order valence-corrected chi connectivity index (χ1v) is 5.62. The van der Waals surface area contributed by atoms with Crippen molar-refractivity contribution in [3.63, 3.8) is 0 Å². The molecule has 1 saturated carbocycles. The first kappa shape index (κ1) is 10.5. The number of hydrogen-bond acceptors (Lipinski definition) is 3. The van der Waals surface area contributed by atoms with Gasteiger partial charge in [-0.2, -0.15) is 0 Å². The highest BCUT2D eigenvalue weighted by molar-refractivity contribution is 9.10. The Kier molecular flexibility index (Phi) is 2.95. The molecule has 0 bridgehead atoms. The molecule has 2 rings (SSSR count). The predicted octanol–water partition coefficient (Wildman–Crippen LogP) is 2.40. The van der Waals surface area contributed by atoms with Gasteiger partial charge in [-0.25, -0.2) is 0 Å². The van der Waals surface area contributed by atoms with Crippen LogP contribution in [0.15, 0.2) is 22.9 Å². The van der Waals surface area contributed by atoms with Gasteiger partial charge in [0.15, 0.2) is 5.78 Å². The molecule has 1 unspecified atom stereocenters. The third-order valence-corrected chi connectivity index (χ3v) is 3.04. The largest absolute Gasteiger partial charge is 0.300 e. The van der Waals surface area contributed by atoms with Crippen molar-refractivity contribution in [2.45, 2.75) is 19.3 Å². The summed E-state index contributed by atoms with van der Waals surface area (Å²) in [6, 6.07) is 1.75. The lowest BCUT2D eigenvalue weighted by molar-refractivity contribution is -0.117. The number of pyridine rings is 1. The van der Waals surface area contributed by atoms with E-state index in [1.165, 1.54) is 0 Å². The van der Waals surface area contributed by atoms with Crippen LogP contribution in [0, 0.1) is 5.92 Å². The maximum absolute atomic E-state index is 11.9. The van der Waals surface area contributed by atoms with E-state index in [-0.39, 0.29) is 17.5 Å². The molecule has 1 aromatic heterocycles. The van der Waals surface area contributed by atoms with Gasteiger partial charge in [0.05, 0.1) is 0 Å². The Morgan fingerprint density at radius 1 is 1.47 bits per heavy atom. The highest BCUT2D eigenvalue weighted by atomic mass is 79.9. The van der Waals surface area contributed by atoms with Gasteiger partial charge in [0.1, 0.15) is 5.78 Å². The second kappa shape index (κ2) is 4.23. The fourth-order valence-corrected chi connectivity index (χ4v) is 2.19. The van der Waals surface area contributed by atoms with Crippen molar-refractivity contribution in [3.05, 3.63) is 28.5 Å². The van der Waals surface area contributed by atoms with Crippen LogP contribution in [0.1, 0.15) is 29.6 Å². The Bertz CT molecular complexity index is 417. The van der Waals surface area contributed by atoms with Crippen molar-refractivity contribution < 1.29 is 9.59 Å². The monoisotopic (exact) mass is 267 g/mol. The van der Waals surface area contributed by atoms with Crippen molar-refractivity contribution in [1.82, 2.24) is 4.98 Å². The molecular formula is C11H10BrNO2. The van der Waals surface area contributed by atoms with Crippen LogP contribution in [0.5, 0.6) is 0 Å². The lowest BCUT2D eigenvalue weighted by Crippen LogP contribution is -2.12. The zero-order valence-corrected chi connectivity index (χ0v) is 9.66. The summed E-state index contributed by atoms with van der Waals surface area (Å²) in [4.78, 5) is 27.0. The van der Waals surface area contributed by atoms with Crippen LogP contribution in [0.25, 0.3) is 0 Å². The normalized spacial score (nSPS) is 20.6. The Hall–Kier alpha value is -1.03. The van der Waals surface area contributed by atoms with Gasteiger partial charge in [0.25, 0.3) is 0 Å². The van der Waals surface area contributed by atoms with E-state index in [9.17, 15) is 9.59 Å². The van der Waals surface area contributed by atoms with Gasteiger partial charge in [-0.05, 0) is 28.4 Å². The molecule has 0 radical (unpaired) electrons. The van der Waals surface area contributed by atoms with Gasteiger partial charge < -0.3 is 0 Å². The lowest BCUT2D eigenvalue weighted by Gasteiger charge is -2.06. The highest BCUT2D eigenvalue weighted by Crippen LogP contribution is 2.26. The first-order valence-electron chi connectivity index (χ1n) is 4.83. The second-order valence-electron chi connectivity index (χ2n) is 3.73. The van der Waals surface area contributed by atoms with Gasteiger partial charge in [-0.15, -0.1) is 0 Å². The summed E-state index contributed by atoms with van der Waals surface area (Å²) in [7, 11) is 0. The molecule has 3 nitrogen and oxygen atoms in total. The molecular weight excluding hydrogens is 258 g/mol. The zero-order chi connectivity index (χ0) is 10.8. The van der Waals surface area contributed by atoms with E-state index >= 15 is 0 Å². The molecule has 1 atom stereocenters. The van der Waals surface area contributed by atoms with E-state index in [0.29, 0.717) is 24.8 Å². The summed E-state index contributed by atoms with van der Waals surface area (Å²) in [6.07, 6.45) is 4.81. The number of halogens is 1. The van der Waals surface area contributed by atoms with E-state index in [1.807, 2.05) is 0 Å². The molecule has 0 spiro atoms. The third-order valence-electron chi connectivity index (χ3n) is 2.61. The number of hydrogen-bond donors (Lipinski definition) is 0. The fraction of sp³-hybridized carbons (Fsp3) is 0.364. The number of nitrogens with zero attached hydrogens (tertiary/aromatic N) is 1. The molecule has 0 aliphatic heterocycles. The predicted molar refractivity (Wildman–Crippen MR) is 58.6 cm³/mol. The summed E-state index contributed by atoms with van der Waals surface area (Å²) in [6.45, 7) is 0. The third kappa shape index (κ3) is 2.31. The summed E-state index contributed by atoms with van der Waals surface area (Å²) < 4.78 is 0.790. The first-order chi connectivity index (χ1) is 7.16. The van der Waals surface area contributed by atoms with Crippen LogP contribution in [-0.4, -0.2) is 16.6 Å². The Morgan fingerprint density at radius 3 is 2.87 bits per heavy atom. The Balaban J connectivity index is 2.17. The van der Waals surface area contributed by atoms with Crippen molar-refractivity contribution >= 4 is 27.5 Å². The van der Waals surface area contributed by atoms with E-state index in [4.69, 9.17) is 0 Å². The number of Topliss-reactive ketones (excluding diaryl/α,β-unsaturated/α-hetero) is 2. The topological polar surface area (TPSA) is 47.0 Å². The molecule has 0 N–H and O–H groups in total. The minimum atomic E-state index is -0.131. The molecule has 15 heavy (non-hydrogen) atoms. The average Bonchev–Trinajstić information content (AvgIpc) is 2.64. The Morgan fingerprint density at radius 2 is 2.27 bits per heavy atom. The zero-order valence-electron chi connectivity index (χ0n) is 8.07. The van der Waals surface area contributed by atoms with Crippen LogP contribution in [0.2, 0.25) is 0 Å². The second-order valence-corrected chi connectivity index (χ2v) is 4.65. The van der Waals surface area contributed by atoms with Gasteiger partial charge in [0, 0.05) is 41.2 Å². The minimum Gasteiger partial charge on any atom is -0.300 e. The maximum Gasteiger partial charge on any atom is 0.167 e. The van der Waals surface area contributed by atoms with Crippen molar-refractivity contribution in [2.75, 3.05) is 0 Å². The Labute approximate surface area is 96.0 Å².